The maximum absolute atomic E-state index is 13.1. The van der Waals surface area contributed by atoms with Gasteiger partial charge in [-0.05, 0) is 30.2 Å². The van der Waals surface area contributed by atoms with Crippen molar-refractivity contribution in [2.24, 2.45) is 5.84 Å². The first-order valence-electron chi connectivity index (χ1n) is 5.08. The maximum atomic E-state index is 13.1. The molecule has 0 heterocycles. The zero-order valence-corrected chi connectivity index (χ0v) is 11.3. The van der Waals surface area contributed by atoms with E-state index in [1.807, 2.05) is 0 Å². The first kappa shape index (κ1) is 14.5. The number of hydrazine groups is 1. The van der Waals surface area contributed by atoms with Crippen LogP contribution in [0.4, 0.5) is 4.39 Å². The molecule has 0 aliphatic rings. The van der Waals surface area contributed by atoms with Crippen molar-refractivity contribution in [1.82, 2.24) is 5.43 Å². The fourth-order valence-electron chi connectivity index (χ4n) is 1.60. The summed E-state index contributed by atoms with van der Waals surface area (Å²) in [5, 5.41) is 0. The quantitative estimate of drug-likeness (QED) is 0.476. The summed E-state index contributed by atoms with van der Waals surface area (Å²) in [6.07, 6.45) is -0.00329. The molecule has 1 unspecified atom stereocenters. The highest BCUT2D eigenvalue weighted by atomic mass is 79.9. The van der Waals surface area contributed by atoms with Crippen molar-refractivity contribution in [2.45, 2.75) is 18.8 Å². The third-order valence-electron chi connectivity index (χ3n) is 2.45. The minimum Gasteiger partial charge on any atom is -0.354 e. The Labute approximate surface area is 108 Å². The van der Waals surface area contributed by atoms with Crippen molar-refractivity contribution >= 4 is 15.9 Å². The molecule has 0 radical (unpaired) electrons. The number of ether oxygens (including phenoxy) is 2. The molecule has 6 heteroatoms. The average molecular weight is 307 g/mol. The molecule has 17 heavy (non-hydrogen) atoms. The number of rotatable bonds is 6. The summed E-state index contributed by atoms with van der Waals surface area (Å²) in [7, 11) is 3.05. The van der Waals surface area contributed by atoms with Crippen LogP contribution in [-0.4, -0.2) is 26.6 Å². The Morgan fingerprint density at radius 1 is 1.41 bits per heavy atom. The topological polar surface area (TPSA) is 56.5 Å². The summed E-state index contributed by atoms with van der Waals surface area (Å²) in [6, 6.07) is 4.25. The van der Waals surface area contributed by atoms with Gasteiger partial charge in [-0.15, -0.1) is 0 Å². The molecule has 0 saturated carbocycles. The number of hydrogen-bond donors (Lipinski definition) is 2. The van der Waals surface area contributed by atoms with Gasteiger partial charge < -0.3 is 9.47 Å². The minimum atomic E-state index is -0.491. The van der Waals surface area contributed by atoms with Crippen molar-refractivity contribution in [3.8, 4) is 0 Å². The molecule has 0 aromatic heterocycles. The Kier molecular flexibility index (Phi) is 6.01. The normalized spacial score (nSPS) is 13.1. The van der Waals surface area contributed by atoms with Gasteiger partial charge in [-0.3, -0.25) is 11.3 Å². The highest BCUT2D eigenvalue weighted by Crippen LogP contribution is 2.20. The molecule has 0 aliphatic heterocycles. The number of nitrogens with one attached hydrogen (secondary N) is 1. The number of nitrogens with two attached hydrogens (primary N) is 1. The molecule has 4 nitrogen and oxygen atoms in total. The number of hydrogen-bond acceptors (Lipinski definition) is 4. The van der Waals surface area contributed by atoms with E-state index in [0.29, 0.717) is 6.42 Å². The zero-order chi connectivity index (χ0) is 12.8. The van der Waals surface area contributed by atoms with Crippen LogP contribution in [0.2, 0.25) is 0 Å². The van der Waals surface area contributed by atoms with Gasteiger partial charge in [0.25, 0.3) is 0 Å². The Hall–Kier alpha value is -0.530. The Morgan fingerprint density at radius 3 is 2.59 bits per heavy atom. The summed E-state index contributed by atoms with van der Waals surface area (Å²) in [6.45, 7) is 0. The number of halogens is 2. The van der Waals surface area contributed by atoms with Crippen molar-refractivity contribution < 1.29 is 13.9 Å². The van der Waals surface area contributed by atoms with Gasteiger partial charge in [0.2, 0.25) is 0 Å². The van der Waals surface area contributed by atoms with Crippen LogP contribution in [0.1, 0.15) is 5.56 Å². The SMILES string of the molecule is COC(OC)C(Cc1cc(F)ccc1Br)NN. The van der Waals surface area contributed by atoms with Crippen LogP contribution >= 0.6 is 15.9 Å². The van der Waals surface area contributed by atoms with E-state index in [0.717, 1.165) is 10.0 Å². The van der Waals surface area contributed by atoms with Gasteiger partial charge in [-0.1, -0.05) is 15.9 Å². The lowest BCUT2D eigenvalue weighted by atomic mass is 10.1. The summed E-state index contributed by atoms with van der Waals surface area (Å²) in [4.78, 5) is 0. The smallest absolute Gasteiger partial charge is 0.173 e. The third kappa shape index (κ3) is 4.01. The second kappa shape index (κ2) is 7.03. The van der Waals surface area contributed by atoms with E-state index < -0.39 is 6.29 Å². The molecule has 0 aliphatic carbocycles. The summed E-state index contributed by atoms with van der Waals surface area (Å²) in [5.41, 5.74) is 3.40. The maximum Gasteiger partial charge on any atom is 0.173 e. The van der Waals surface area contributed by atoms with Gasteiger partial charge in [0.15, 0.2) is 6.29 Å². The lowest BCUT2D eigenvalue weighted by Crippen LogP contribution is -2.47. The van der Waals surface area contributed by atoms with Gasteiger partial charge in [-0.2, -0.15) is 0 Å². The van der Waals surface area contributed by atoms with Gasteiger partial charge in [0.05, 0.1) is 6.04 Å². The summed E-state index contributed by atoms with van der Waals surface area (Å²) >= 11 is 3.36. The lowest BCUT2D eigenvalue weighted by Gasteiger charge is -2.24. The highest BCUT2D eigenvalue weighted by molar-refractivity contribution is 9.10. The predicted octanol–water partition coefficient (Wildman–Crippen LogP) is 1.58. The largest absolute Gasteiger partial charge is 0.354 e. The standard InChI is InChI=1S/C11H16BrFN2O2/c1-16-11(17-2)10(15-14)6-7-5-8(13)3-4-9(7)12/h3-5,10-11,15H,6,14H2,1-2H3. The van der Waals surface area contributed by atoms with E-state index in [1.165, 1.54) is 26.4 Å². The van der Waals surface area contributed by atoms with Gasteiger partial charge in [-0.25, -0.2) is 4.39 Å². The van der Waals surface area contributed by atoms with Crippen LogP contribution in [0, 0.1) is 5.82 Å². The van der Waals surface area contributed by atoms with Crippen LogP contribution in [0.5, 0.6) is 0 Å². The Balaban J connectivity index is 2.83. The molecule has 1 aromatic rings. The van der Waals surface area contributed by atoms with E-state index >= 15 is 0 Å². The van der Waals surface area contributed by atoms with Gasteiger partial charge >= 0.3 is 0 Å². The van der Waals surface area contributed by atoms with Crippen molar-refractivity contribution in [1.29, 1.82) is 0 Å². The summed E-state index contributed by atoms with van der Waals surface area (Å²) < 4.78 is 24.2. The molecule has 0 bridgehead atoms. The predicted molar refractivity (Wildman–Crippen MR) is 66.7 cm³/mol. The van der Waals surface area contributed by atoms with E-state index in [-0.39, 0.29) is 11.9 Å². The van der Waals surface area contributed by atoms with Crippen LogP contribution < -0.4 is 11.3 Å². The zero-order valence-electron chi connectivity index (χ0n) is 9.74. The van der Waals surface area contributed by atoms with E-state index in [4.69, 9.17) is 15.3 Å². The second-order valence-electron chi connectivity index (χ2n) is 3.55. The minimum absolute atomic E-state index is 0.261. The van der Waals surface area contributed by atoms with Crippen LogP contribution in [0.15, 0.2) is 22.7 Å². The van der Waals surface area contributed by atoms with Crippen LogP contribution in [-0.2, 0) is 15.9 Å². The fourth-order valence-corrected chi connectivity index (χ4v) is 2.00. The average Bonchev–Trinajstić information content (AvgIpc) is 2.33. The molecule has 1 atom stereocenters. The first-order valence-corrected chi connectivity index (χ1v) is 5.87. The molecule has 0 saturated heterocycles. The molecule has 3 N–H and O–H groups in total. The Bertz CT molecular complexity index is 361. The third-order valence-corrected chi connectivity index (χ3v) is 3.23. The van der Waals surface area contributed by atoms with Crippen LogP contribution in [0.25, 0.3) is 0 Å². The fraction of sp³-hybridized carbons (Fsp3) is 0.455. The monoisotopic (exact) mass is 306 g/mol. The molecule has 1 aromatic carbocycles. The highest BCUT2D eigenvalue weighted by Gasteiger charge is 2.21. The molecular weight excluding hydrogens is 291 g/mol. The first-order chi connectivity index (χ1) is 8.12. The summed E-state index contributed by atoms with van der Waals surface area (Å²) in [5.74, 6) is 5.16. The molecule has 1 rings (SSSR count). The number of benzene rings is 1. The van der Waals surface area contributed by atoms with E-state index in [1.54, 1.807) is 6.07 Å². The van der Waals surface area contributed by atoms with Crippen LogP contribution in [0.3, 0.4) is 0 Å². The van der Waals surface area contributed by atoms with E-state index in [2.05, 4.69) is 21.4 Å². The second-order valence-corrected chi connectivity index (χ2v) is 4.41. The number of methoxy groups -OCH3 is 2. The molecule has 0 spiro atoms. The van der Waals surface area contributed by atoms with Crippen molar-refractivity contribution in [2.75, 3.05) is 14.2 Å². The molecule has 0 amide bonds. The van der Waals surface area contributed by atoms with Crippen molar-refractivity contribution in [3.05, 3.63) is 34.1 Å². The van der Waals surface area contributed by atoms with Gasteiger partial charge in [0.1, 0.15) is 5.82 Å². The molecule has 96 valence electrons. The van der Waals surface area contributed by atoms with Gasteiger partial charge in [0, 0.05) is 18.7 Å². The lowest BCUT2D eigenvalue weighted by molar-refractivity contribution is -0.122. The van der Waals surface area contributed by atoms with E-state index in [9.17, 15) is 4.39 Å². The molecular formula is C11H16BrFN2O2. The van der Waals surface area contributed by atoms with Crippen molar-refractivity contribution in [3.63, 3.8) is 0 Å². The Morgan fingerprint density at radius 2 is 2.06 bits per heavy atom. The molecule has 0 fully saturated rings.